The van der Waals surface area contributed by atoms with Gasteiger partial charge in [-0.15, -0.1) is 0 Å². The Morgan fingerprint density at radius 1 is 1.56 bits per heavy atom. The van der Waals surface area contributed by atoms with Crippen LogP contribution in [0.15, 0.2) is 18.2 Å². The molecule has 3 nitrogen and oxygen atoms in total. The van der Waals surface area contributed by atoms with E-state index in [9.17, 15) is 9.18 Å². The number of amides is 1. The summed E-state index contributed by atoms with van der Waals surface area (Å²) in [5, 5.41) is 3.27. The van der Waals surface area contributed by atoms with Gasteiger partial charge in [-0.1, -0.05) is 0 Å². The van der Waals surface area contributed by atoms with E-state index in [0.29, 0.717) is 6.04 Å². The minimum atomic E-state index is -0.734. The Morgan fingerprint density at radius 2 is 2.38 bits per heavy atom. The summed E-state index contributed by atoms with van der Waals surface area (Å²) in [4.78, 5) is 11.0. The molecule has 1 aliphatic heterocycles. The largest absolute Gasteiger partial charge is 0.381 e. The molecule has 1 aliphatic rings. The molecule has 1 amide bonds. The van der Waals surface area contributed by atoms with Crippen LogP contribution in [0.5, 0.6) is 0 Å². The Bertz CT molecular complexity index is 405. The van der Waals surface area contributed by atoms with Crippen molar-refractivity contribution >= 4 is 23.4 Å². The van der Waals surface area contributed by atoms with Crippen LogP contribution in [-0.2, 0) is 0 Å². The molecule has 0 spiro atoms. The number of benzene rings is 1. The van der Waals surface area contributed by atoms with E-state index in [0.717, 1.165) is 23.6 Å². The summed E-state index contributed by atoms with van der Waals surface area (Å²) < 4.78 is 13.2. The number of primary amides is 1. The summed E-state index contributed by atoms with van der Waals surface area (Å²) in [5.41, 5.74) is 5.77. The van der Waals surface area contributed by atoms with Crippen LogP contribution in [0.25, 0.3) is 0 Å². The Balaban J connectivity index is 2.15. The van der Waals surface area contributed by atoms with Crippen molar-refractivity contribution in [2.45, 2.75) is 12.5 Å². The van der Waals surface area contributed by atoms with Crippen LogP contribution >= 0.6 is 11.8 Å². The zero-order chi connectivity index (χ0) is 11.5. The average molecular weight is 240 g/mol. The molecule has 1 aromatic rings. The lowest BCUT2D eigenvalue weighted by atomic mass is 10.1. The molecule has 1 heterocycles. The molecule has 16 heavy (non-hydrogen) atoms. The quantitative estimate of drug-likeness (QED) is 0.847. The minimum absolute atomic E-state index is 0.0596. The maximum Gasteiger partial charge on any atom is 0.251 e. The van der Waals surface area contributed by atoms with Crippen LogP contribution < -0.4 is 11.1 Å². The van der Waals surface area contributed by atoms with E-state index in [1.165, 1.54) is 12.1 Å². The zero-order valence-corrected chi connectivity index (χ0v) is 9.52. The summed E-state index contributed by atoms with van der Waals surface area (Å²) in [6.45, 7) is 0. The van der Waals surface area contributed by atoms with Crippen LogP contribution in [0.4, 0.5) is 10.1 Å². The van der Waals surface area contributed by atoms with Gasteiger partial charge in [0.25, 0.3) is 5.91 Å². The van der Waals surface area contributed by atoms with Gasteiger partial charge in [0.15, 0.2) is 0 Å². The number of carbonyl (C=O) groups is 1. The van der Waals surface area contributed by atoms with Crippen LogP contribution in [0.1, 0.15) is 16.8 Å². The molecular weight excluding hydrogens is 227 g/mol. The molecule has 1 saturated heterocycles. The molecule has 86 valence electrons. The first-order valence-corrected chi connectivity index (χ1v) is 6.26. The van der Waals surface area contributed by atoms with Crippen LogP contribution in [-0.4, -0.2) is 23.5 Å². The predicted molar refractivity (Wildman–Crippen MR) is 64.3 cm³/mol. The normalized spacial score (nSPS) is 19.7. The molecule has 1 unspecified atom stereocenters. The molecule has 0 bridgehead atoms. The zero-order valence-electron chi connectivity index (χ0n) is 8.70. The van der Waals surface area contributed by atoms with Gasteiger partial charge >= 0.3 is 0 Å². The van der Waals surface area contributed by atoms with E-state index in [1.807, 2.05) is 11.8 Å². The van der Waals surface area contributed by atoms with Gasteiger partial charge in [0.05, 0.1) is 5.56 Å². The summed E-state index contributed by atoms with van der Waals surface area (Å²) >= 11 is 1.89. The SMILES string of the molecule is NC(=O)c1cc(NC2CCSC2)ccc1F. The molecule has 3 N–H and O–H groups in total. The van der Waals surface area contributed by atoms with Crippen molar-refractivity contribution in [3.8, 4) is 0 Å². The molecule has 2 rings (SSSR count). The van der Waals surface area contributed by atoms with Crippen molar-refractivity contribution in [3.63, 3.8) is 0 Å². The summed E-state index contributed by atoms with van der Waals surface area (Å²) in [5.74, 6) is 0.881. The number of hydrogen-bond acceptors (Lipinski definition) is 3. The van der Waals surface area contributed by atoms with E-state index < -0.39 is 11.7 Å². The fourth-order valence-electron chi connectivity index (χ4n) is 1.69. The summed E-state index contributed by atoms with van der Waals surface area (Å²) in [6.07, 6.45) is 1.09. The number of rotatable bonds is 3. The number of thioether (sulfide) groups is 1. The molecular formula is C11H13FN2OS. The Labute approximate surface area is 97.6 Å². The predicted octanol–water partition coefficient (Wildman–Crippen LogP) is 1.84. The van der Waals surface area contributed by atoms with Gasteiger partial charge in [0.1, 0.15) is 5.82 Å². The fraction of sp³-hybridized carbons (Fsp3) is 0.364. The second kappa shape index (κ2) is 4.74. The molecule has 0 radical (unpaired) electrons. The highest BCUT2D eigenvalue weighted by molar-refractivity contribution is 7.99. The molecule has 0 aromatic heterocycles. The number of hydrogen-bond donors (Lipinski definition) is 2. The smallest absolute Gasteiger partial charge is 0.251 e. The third-order valence-electron chi connectivity index (χ3n) is 2.53. The van der Waals surface area contributed by atoms with Gasteiger partial charge in [-0.2, -0.15) is 11.8 Å². The van der Waals surface area contributed by atoms with E-state index in [4.69, 9.17) is 5.73 Å². The summed E-state index contributed by atoms with van der Waals surface area (Å²) in [7, 11) is 0. The van der Waals surface area contributed by atoms with Crippen molar-refractivity contribution < 1.29 is 9.18 Å². The van der Waals surface area contributed by atoms with Crippen molar-refractivity contribution in [2.75, 3.05) is 16.8 Å². The molecule has 5 heteroatoms. The van der Waals surface area contributed by atoms with Crippen molar-refractivity contribution in [2.24, 2.45) is 5.73 Å². The van der Waals surface area contributed by atoms with Gasteiger partial charge in [-0.05, 0) is 30.4 Å². The third-order valence-corrected chi connectivity index (χ3v) is 3.69. The van der Waals surface area contributed by atoms with Crippen LogP contribution in [0.3, 0.4) is 0 Å². The van der Waals surface area contributed by atoms with Gasteiger partial charge in [-0.25, -0.2) is 4.39 Å². The molecule has 1 aromatic carbocycles. The highest BCUT2D eigenvalue weighted by Crippen LogP contribution is 2.22. The highest BCUT2D eigenvalue weighted by atomic mass is 32.2. The maximum atomic E-state index is 13.2. The van der Waals surface area contributed by atoms with Crippen LogP contribution in [0, 0.1) is 5.82 Å². The number of nitrogens with two attached hydrogens (primary N) is 1. The topological polar surface area (TPSA) is 55.1 Å². The highest BCUT2D eigenvalue weighted by Gasteiger charge is 2.16. The van der Waals surface area contributed by atoms with E-state index in [1.54, 1.807) is 6.07 Å². The van der Waals surface area contributed by atoms with E-state index in [-0.39, 0.29) is 5.56 Å². The van der Waals surface area contributed by atoms with Gasteiger partial charge < -0.3 is 11.1 Å². The maximum absolute atomic E-state index is 13.2. The Morgan fingerprint density at radius 3 is 3.00 bits per heavy atom. The molecule has 0 aliphatic carbocycles. The van der Waals surface area contributed by atoms with Crippen molar-refractivity contribution in [1.29, 1.82) is 0 Å². The van der Waals surface area contributed by atoms with Gasteiger partial charge in [0.2, 0.25) is 0 Å². The Kier molecular flexibility index (Phi) is 3.33. The van der Waals surface area contributed by atoms with Crippen molar-refractivity contribution in [1.82, 2.24) is 0 Å². The fourth-order valence-corrected chi connectivity index (χ4v) is 2.84. The monoisotopic (exact) mass is 240 g/mol. The first-order chi connectivity index (χ1) is 7.66. The number of carbonyl (C=O) groups excluding carboxylic acids is 1. The van der Waals surface area contributed by atoms with Gasteiger partial charge in [-0.3, -0.25) is 4.79 Å². The third kappa shape index (κ3) is 2.47. The second-order valence-electron chi connectivity index (χ2n) is 3.76. The first-order valence-electron chi connectivity index (χ1n) is 5.10. The van der Waals surface area contributed by atoms with E-state index in [2.05, 4.69) is 5.32 Å². The molecule has 1 atom stereocenters. The lowest BCUT2D eigenvalue weighted by Crippen LogP contribution is -2.19. The van der Waals surface area contributed by atoms with Crippen molar-refractivity contribution in [3.05, 3.63) is 29.6 Å². The summed E-state index contributed by atoms with van der Waals surface area (Å²) in [6, 6.07) is 4.77. The van der Waals surface area contributed by atoms with Crippen LogP contribution in [0.2, 0.25) is 0 Å². The average Bonchev–Trinajstić information content (AvgIpc) is 2.73. The Hall–Kier alpha value is -1.23. The number of anilines is 1. The minimum Gasteiger partial charge on any atom is -0.381 e. The lowest BCUT2D eigenvalue weighted by Gasteiger charge is -2.13. The molecule has 0 saturated carbocycles. The lowest BCUT2D eigenvalue weighted by molar-refractivity contribution is 0.0996. The number of halogens is 1. The standard InChI is InChI=1S/C11H13FN2OS/c12-10-2-1-7(5-9(10)11(13)15)14-8-3-4-16-6-8/h1-2,5,8,14H,3-4,6H2,(H2,13,15). The molecule has 1 fully saturated rings. The van der Waals surface area contributed by atoms with E-state index >= 15 is 0 Å². The number of nitrogens with one attached hydrogen (secondary N) is 1. The van der Waals surface area contributed by atoms with Gasteiger partial charge in [0, 0.05) is 17.5 Å². The first kappa shape index (κ1) is 11.3. The second-order valence-corrected chi connectivity index (χ2v) is 4.91.